The quantitative estimate of drug-likeness (QED) is 0.167. The molecule has 0 fully saturated rings. The number of hydrogen-bond acceptors (Lipinski definition) is 5. The summed E-state index contributed by atoms with van der Waals surface area (Å²) in [4.78, 5) is 15.9. The molecule has 3 heterocycles. The number of para-hydroxylation sites is 2. The number of nitrogens with zero attached hydrogens (tertiary/aromatic N) is 3. The van der Waals surface area contributed by atoms with Gasteiger partial charge in [-0.2, -0.15) is 0 Å². The van der Waals surface area contributed by atoms with Crippen LogP contribution in [0, 0.1) is 5.92 Å². The van der Waals surface area contributed by atoms with Gasteiger partial charge in [0.15, 0.2) is 17.5 Å². The zero-order chi connectivity index (χ0) is 39.3. The molecule has 0 radical (unpaired) electrons. The third-order valence-electron chi connectivity index (χ3n) is 12.4. The van der Waals surface area contributed by atoms with E-state index in [-0.39, 0.29) is 5.92 Å². The molecule has 1 atom stereocenters. The van der Waals surface area contributed by atoms with Crippen LogP contribution < -0.4 is 10.6 Å². The molecule has 5 heteroatoms. The van der Waals surface area contributed by atoms with Crippen LogP contribution in [0.4, 0.5) is 0 Å². The number of furan rings is 2. The minimum atomic E-state index is 0.244. The predicted octanol–water partition coefficient (Wildman–Crippen LogP) is 12.6. The van der Waals surface area contributed by atoms with E-state index in [1.807, 2.05) is 24.3 Å². The lowest BCUT2D eigenvalue weighted by Gasteiger charge is -2.20. The van der Waals surface area contributed by atoms with Crippen molar-refractivity contribution in [3.8, 4) is 33.9 Å². The summed E-state index contributed by atoms with van der Waals surface area (Å²) in [5.74, 6) is 2.13. The van der Waals surface area contributed by atoms with E-state index in [4.69, 9.17) is 23.8 Å². The molecule has 11 aromatic rings. The SMILES string of the molecule is C1=CC2CC=c3oc4ccccc4c3=C2C=C1c1nc(-c2ccc3c(-c4cccc5oc6ccccc6c45)cccc3c2)nc(-c2cc3ccccc3c3ccccc23)n1. The van der Waals surface area contributed by atoms with Crippen LogP contribution >= 0.6 is 0 Å². The minimum absolute atomic E-state index is 0.244. The maximum atomic E-state index is 6.34. The minimum Gasteiger partial charge on any atom is -0.456 e. The van der Waals surface area contributed by atoms with E-state index < -0.39 is 0 Å². The van der Waals surface area contributed by atoms with Gasteiger partial charge >= 0.3 is 0 Å². The third kappa shape index (κ3) is 5.02. The van der Waals surface area contributed by atoms with E-state index in [1.54, 1.807) is 0 Å². The van der Waals surface area contributed by atoms with Crippen molar-refractivity contribution in [1.82, 2.24) is 15.0 Å². The Morgan fingerprint density at radius 1 is 0.467 bits per heavy atom. The number of allylic oxidation sites excluding steroid dienone is 4. The average Bonchev–Trinajstić information content (AvgIpc) is 3.90. The highest BCUT2D eigenvalue weighted by Gasteiger charge is 2.24. The highest BCUT2D eigenvalue weighted by atomic mass is 16.3. The molecule has 0 N–H and O–H groups in total. The summed E-state index contributed by atoms with van der Waals surface area (Å²) in [7, 11) is 0. The van der Waals surface area contributed by atoms with E-state index in [1.165, 1.54) is 16.3 Å². The molecule has 0 spiro atoms. The molecule has 60 heavy (non-hydrogen) atoms. The maximum Gasteiger partial charge on any atom is 0.164 e. The van der Waals surface area contributed by atoms with Crippen molar-refractivity contribution in [2.75, 3.05) is 0 Å². The topological polar surface area (TPSA) is 65.0 Å². The highest BCUT2D eigenvalue weighted by Crippen LogP contribution is 2.41. The van der Waals surface area contributed by atoms with Crippen molar-refractivity contribution in [2.45, 2.75) is 6.42 Å². The Hall–Kier alpha value is -7.89. The van der Waals surface area contributed by atoms with Crippen molar-refractivity contribution in [3.05, 3.63) is 192 Å². The first-order chi connectivity index (χ1) is 29.7. The lowest BCUT2D eigenvalue weighted by molar-refractivity contribution is 0.568. The predicted molar refractivity (Wildman–Crippen MR) is 244 cm³/mol. The Labute approximate surface area is 343 Å². The fourth-order valence-electron chi connectivity index (χ4n) is 9.64. The number of aromatic nitrogens is 3. The van der Waals surface area contributed by atoms with Crippen LogP contribution in [0.25, 0.3) is 116 Å². The summed E-state index contributed by atoms with van der Waals surface area (Å²) in [6.07, 6.45) is 9.85. The summed E-state index contributed by atoms with van der Waals surface area (Å²) in [5, 5.41) is 11.4. The van der Waals surface area contributed by atoms with Gasteiger partial charge < -0.3 is 8.83 Å². The van der Waals surface area contributed by atoms with Gasteiger partial charge in [0.05, 0.1) is 0 Å². The van der Waals surface area contributed by atoms with Crippen LogP contribution in [0.2, 0.25) is 0 Å². The zero-order valence-corrected chi connectivity index (χ0v) is 32.3. The standard InChI is InChI=1S/C55H33N3O2/c1-2-13-37-34(11-1)30-46(41-15-4-3-14-39(37)41)55-57-53(56-54(58-55)36-24-23-32-26-28-50-52(45(32)31-36)44-17-6-8-21-48(44)60-50)35-25-27-38-33(29-35)12-9-18-40(38)42-19-10-22-49-51(42)43-16-5-7-20-47(43)59-49/h1-25,27-32H,26H2. The van der Waals surface area contributed by atoms with Gasteiger partial charge in [-0.3, -0.25) is 0 Å². The second-order valence-corrected chi connectivity index (χ2v) is 15.8. The number of fused-ring (bicyclic) bond motifs is 11. The van der Waals surface area contributed by atoms with E-state index in [0.717, 1.165) is 99.3 Å². The van der Waals surface area contributed by atoms with Crippen LogP contribution in [-0.4, -0.2) is 15.0 Å². The summed E-state index contributed by atoms with van der Waals surface area (Å²) >= 11 is 0. The highest BCUT2D eigenvalue weighted by molar-refractivity contribution is 6.16. The van der Waals surface area contributed by atoms with Gasteiger partial charge in [-0.15, -0.1) is 0 Å². The van der Waals surface area contributed by atoms with Crippen molar-refractivity contribution >= 4 is 82.4 Å². The molecule has 0 aliphatic heterocycles. The van der Waals surface area contributed by atoms with Crippen molar-refractivity contribution in [1.29, 1.82) is 0 Å². The van der Waals surface area contributed by atoms with Crippen LogP contribution in [0.1, 0.15) is 12.2 Å². The normalized spacial score (nSPS) is 14.9. The number of rotatable bonds is 4. The molecular weight excluding hydrogens is 735 g/mol. The smallest absolute Gasteiger partial charge is 0.164 e. The summed E-state index contributed by atoms with van der Waals surface area (Å²) in [6.45, 7) is 0. The molecule has 1 unspecified atom stereocenters. The molecular formula is C55H33N3O2. The molecule has 5 nitrogen and oxygen atoms in total. The van der Waals surface area contributed by atoms with Gasteiger partial charge in [-0.1, -0.05) is 140 Å². The van der Waals surface area contributed by atoms with Crippen LogP contribution in [0.15, 0.2) is 185 Å². The molecule has 2 aliphatic carbocycles. The van der Waals surface area contributed by atoms with E-state index >= 15 is 0 Å². The van der Waals surface area contributed by atoms with E-state index in [0.29, 0.717) is 17.5 Å². The Bertz CT molecular complexity index is 3830. The second kappa shape index (κ2) is 12.8. The molecule has 280 valence electrons. The van der Waals surface area contributed by atoms with E-state index in [9.17, 15) is 0 Å². The lowest BCUT2D eigenvalue weighted by atomic mass is 9.84. The molecule has 13 rings (SSSR count). The summed E-state index contributed by atoms with van der Waals surface area (Å²) in [5.41, 5.74) is 9.96. The van der Waals surface area contributed by atoms with Crippen molar-refractivity contribution in [3.63, 3.8) is 0 Å². The largest absolute Gasteiger partial charge is 0.456 e. The molecule has 0 saturated heterocycles. The summed E-state index contributed by atoms with van der Waals surface area (Å²) < 4.78 is 12.6. The molecule has 0 saturated carbocycles. The lowest BCUT2D eigenvalue weighted by Crippen LogP contribution is -2.29. The summed E-state index contributed by atoms with van der Waals surface area (Å²) in [6, 6.07) is 55.3. The number of hydrogen-bond donors (Lipinski definition) is 0. The first kappa shape index (κ1) is 33.1. The molecule has 3 aromatic heterocycles. The van der Waals surface area contributed by atoms with Gasteiger partial charge in [-0.05, 0) is 97.9 Å². The van der Waals surface area contributed by atoms with Gasteiger partial charge in [0.2, 0.25) is 0 Å². The first-order valence-corrected chi connectivity index (χ1v) is 20.4. The average molecular weight is 768 g/mol. The zero-order valence-electron chi connectivity index (χ0n) is 32.3. The maximum absolute atomic E-state index is 6.34. The fraction of sp³-hybridized carbons (Fsp3) is 0.0364. The van der Waals surface area contributed by atoms with Crippen LogP contribution in [-0.2, 0) is 0 Å². The Balaban J connectivity index is 1.03. The fourth-order valence-corrected chi connectivity index (χ4v) is 9.64. The molecule has 2 aliphatic rings. The van der Waals surface area contributed by atoms with Crippen molar-refractivity contribution < 1.29 is 8.83 Å². The molecule has 8 aromatic carbocycles. The molecule has 0 amide bonds. The van der Waals surface area contributed by atoms with E-state index in [2.05, 4.69) is 158 Å². The Kier molecular flexibility index (Phi) is 7.07. The van der Waals surface area contributed by atoms with Gasteiger partial charge in [0, 0.05) is 44.0 Å². The van der Waals surface area contributed by atoms with Crippen LogP contribution in [0.5, 0.6) is 0 Å². The second-order valence-electron chi connectivity index (χ2n) is 15.8. The Morgan fingerprint density at radius 2 is 1.13 bits per heavy atom. The van der Waals surface area contributed by atoms with Crippen molar-refractivity contribution in [2.24, 2.45) is 5.92 Å². The third-order valence-corrected chi connectivity index (χ3v) is 12.4. The van der Waals surface area contributed by atoms with Gasteiger partial charge in [-0.25, -0.2) is 15.0 Å². The van der Waals surface area contributed by atoms with Gasteiger partial charge in [0.25, 0.3) is 0 Å². The monoisotopic (exact) mass is 767 g/mol. The first-order valence-electron chi connectivity index (χ1n) is 20.4. The molecule has 0 bridgehead atoms. The van der Waals surface area contributed by atoms with Gasteiger partial charge in [0.1, 0.15) is 22.2 Å². The number of benzene rings is 8. The Morgan fingerprint density at radius 3 is 2.03 bits per heavy atom. The van der Waals surface area contributed by atoms with Crippen LogP contribution in [0.3, 0.4) is 0 Å².